The lowest BCUT2D eigenvalue weighted by Gasteiger charge is -2.30. The van der Waals surface area contributed by atoms with Crippen LogP contribution in [0.15, 0.2) is 0 Å². The molecule has 20 heavy (non-hydrogen) atoms. The highest BCUT2D eigenvalue weighted by molar-refractivity contribution is 5.68. The fourth-order valence-corrected chi connectivity index (χ4v) is 2.51. The number of carbonyl (C=O) groups excluding carboxylic acids is 1. The van der Waals surface area contributed by atoms with Gasteiger partial charge in [-0.15, -0.1) is 0 Å². The minimum atomic E-state index is -0.450. The van der Waals surface area contributed by atoms with Gasteiger partial charge in [0.05, 0.1) is 5.54 Å². The van der Waals surface area contributed by atoms with Crippen LogP contribution in [0.3, 0.4) is 0 Å². The summed E-state index contributed by atoms with van der Waals surface area (Å²) < 4.78 is 5.31. The van der Waals surface area contributed by atoms with Crippen LogP contribution in [0.25, 0.3) is 0 Å². The molecule has 1 aliphatic rings. The molecule has 0 atom stereocenters. The number of ether oxygens (including phenoxy) is 1. The highest BCUT2D eigenvalue weighted by Gasteiger charge is 2.25. The van der Waals surface area contributed by atoms with Crippen LogP contribution in [0.5, 0.6) is 0 Å². The molecule has 4 heteroatoms. The summed E-state index contributed by atoms with van der Waals surface area (Å²) in [4.78, 5) is 11.8. The van der Waals surface area contributed by atoms with E-state index in [1.807, 2.05) is 34.6 Å². The van der Waals surface area contributed by atoms with Crippen LogP contribution in [0.2, 0.25) is 0 Å². The van der Waals surface area contributed by atoms with E-state index in [4.69, 9.17) is 4.74 Å². The number of amides is 1. The number of nitrogens with one attached hydrogen (secondary N) is 2. The van der Waals surface area contributed by atoms with Crippen molar-refractivity contribution < 1.29 is 9.53 Å². The maximum absolute atomic E-state index is 11.8. The zero-order chi connectivity index (χ0) is 15.2. The number of alkyl carbamates (subject to hydrolysis) is 1. The van der Waals surface area contributed by atoms with Crippen molar-refractivity contribution in [1.29, 1.82) is 0 Å². The lowest BCUT2D eigenvalue weighted by Crippen LogP contribution is -2.53. The Morgan fingerprint density at radius 2 is 1.60 bits per heavy atom. The van der Waals surface area contributed by atoms with E-state index in [0.29, 0.717) is 6.04 Å². The van der Waals surface area contributed by atoms with E-state index in [-0.39, 0.29) is 11.6 Å². The fraction of sp³-hybridized carbons (Fsp3) is 0.938. The molecule has 0 aromatic heterocycles. The maximum Gasteiger partial charge on any atom is 0.408 e. The number of carbonyl (C=O) groups is 1. The molecule has 0 heterocycles. The normalized spacial score (nSPS) is 18.4. The summed E-state index contributed by atoms with van der Waals surface area (Å²) in [6.07, 6.45) is 7.51. The highest BCUT2D eigenvalue weighted by atomic mass is 16.6. The van der Waals surface area contributed by atoms with Crippen LogP contribution in [-0.2, 0) is 4.74 Å². The molecule has 0 spiro atoms. The Balaban J connectivity index is 2.34. The summed E-state index contributed by atoms with van der Waals surface area (Å²) in [5, 5.41) is 6.54. The predicted molar refractivity (Wildman–Crippen MR) is 82.9 cm³/mol. The minimum Gasteiger partial charge on any atom is -0.444 e. The maximum atomic E-state index is 11.8. The van der Waals surface area contributed by atoms with Crippen LogP contribution in [0, 0.1) is 0 Å². The van der Waals surface area contributed by atoms with Gasteiger partial charge in [-0.05, 0) is 47.5 Å². The molecule has 1 rings (SSSR count). The van der Waals surface area contributed by atoms with Crippen molar-refractivity contribution in [3.05, 3.63) is 0 Å². The summed E-state index contributed by atoms with van der Waals surface area (Å²) >= 11 is 0. The quantitative estimate of drug-likeness (QED) is 0.775. The van der Waals surface area contributed by atoms with Crippen LogP contribution in [-0.4, -0.2) is 29.8 Å². The molecule has 0 bridgehead atoms. The third-order valence-electron chi connectivity index (χ3n) is 3.53. The molecule has 2 N–H and O–H groups in total. The molecular formula is C16H32N2O2. The zero-order valence-electron chi connectivity index (χ0n) is 13.8. The van der Waals surface area contributed by atoms with Crippen molar-refractivity contribution in [1.82, 2.24) is 10.6 Å². The van der Waals surface area contributed by atoms with E-state index < -0.39 is 5.60 Å². The van der Waals surface area contributed by atoms with E-state index in [1.165, 1.54) is 38.5 Å². The van der Waals surface area contributed by atoms with Crippen molar-refractivity contribution in [3.63, 3.8) is 0 Å². The second-order valence-electron chi connectivity index (χ2n) is 7.58. The first-order chi connectivity index (χ1) is 9.18. The standard InChI is InChI=1S/C16H32N2O2/c1-15(2,3)20-14(19)18-16(4,5)12-17-13-10-8-6-7-9-11-13/h13,17H,6-12H2,1-5H3,(H,18,19). The van der Waals surface area contributed by atoms with E-state index in [1.54, 1.807) is 0 Å². The molecule has 0 aromatic rings. The topological polar surface area (TPSA) is 50.4 Å². The first-order valence-corrected chi connectivity index (χ1v) is 7.92. The van der Waals surface area contributed by atoms with Gasteiger partial charge in [-0.2, -0.15) is 0 Å². The highest BCUT2D eigenvalue weighted by Crippen LogP contribution is 2.17. The summed E-state index contributed by atoms with van der Waals surface area (Å²) in [5.74, 6) is 0. The van der Waals surface area contributed by atoms with Crippen molar-refractivity contribution in [2.24, 2.45) is 0 Å². The van der Waals surface area contributed by atoms with Crippen molar-refractivity contribution in [2.75, 3.05) is 6.54 Å². The van der Waals surface area contributed by atoms with Gasteiger partial charge in [-0.25, -0.2) is 4.79 Å². The molecular weight excluding hydrogens is 252 g/mol. The molecule has 0 saturated heterocycles. The molecule has 4 nitrogen and oxygen atoms in total. The smallest absolute Gasteiger partial charge is 0.408 e. The molecule has 1 amide bonds. The Morgan fingerprint density at radius 1 is 1.05 bits per heavy atom. The molecule has 1 saturated carbocycles. The first kappa shape index (κ1) is 17.3. The van der Waals surface area contributed by atoms with Gasteiger partial charge in [0.25, 0.3) is 0 Å². The van der Waals surface area contributed by atoms with Crippen LogP contribution in [0.1, 0.15) is 73.1 Å². The van der Waals surface area contributed by atoms with Crippen molar-refractivity contribution in [3.8, 4) is 0 Å². The number of hydrogen-bond acceptors (Lipinski definition) is 3. The summed E-state index contributed by atoms with van der Waals surface area (Å²) in [6.45, 7) is 10.5. The SMILES string of the molecule is CC(C)(CNC1CCCCCC1)NC(=O)OC(C)(C)C. The van der Waals surface area contributed by atoms with Gasteiger partial charge in [-0.1, -0.05) is 25.7 Å². The van der Waals surface area contributed by atoms with Gasteiger partial charge < -0.3 is 15.4 Å². The Kier molecular flexibility index (Phi) is 6.31. The molecule has 1 fully saturated rings. The molecule has 1 aliphatic carbocycles. The minimum absolute atomic E-state index is 0.297. The van der Waals surface area contributed by atoms with Gasteiger partial charge >= 0.3 is 6.09 Å². The van der Waals surface area contributed by atoms with Gasteiger partial charge in [0, 0.05) is 12.6 Å². The van der Waals surface area contributed by atoms with Gasteiger partial charge in [0.1, 0.15) is 5.60 Å². The van der Waals surface area contributed by atoms with Crippen LogP contribution < -0.4 is 10.6 Å². The lowest BCUT2D eigenvalue weighted by atomic mass is 10.0. The number of hydrogen-bond donors (Lipinski definition) is 2. The second-order valence-corrected chi connectivity index (χ2v) is 7.58. The lowest BCUT2D eigenvalue weighted by molar-refractivity contribution is 0.0470. The third-order valence-corrected chi connectivity index (χ3v) is 3.53. The Morgan fingerprint density at radius 3 is 2.10 bits per heavy atom. The third kappa shape index (κ3) is 7.73. The average molecular weight is 284 g/mol. The summed E-state index contributed by atoms with van der Waals surface area (Å²) in [7, 11) is 0. The monoisotopic (exact) mass is 284 g/mol. The first-order valence-electron chi connectivity index (χ1n) is 7.92. The van der Waals surface area contributed by atoms with E-state index in [9.17, 15) is 4.79 Å². The molecule has 0 radical (unpaired) electrons. The van der Waals surface area contributed by atoms with E-state index in [0.717, 1.165) is 6.54 Å². The summed E-state index contributed by atoms with van der Waals surface area (Å²) in [5.41, 5.74) is -0.747. The largest absolute Gasteiger partial charge is 0.444 e. The van der Waals surface area contributed by atoms with Gasteiger partial charge in [-0.3, -0.25) is 0 Å². The van der Waals surface area contributed by atoms with Crippen LogP contribution in [0.4, 0.5) is 4.79 Å². The zero-order valence-corrected chi connectivity index (χ0v) is 13.8. The van der Waals surface area contributed by atoms with Crippen LogP contribution >= 0.6 is 0 Å². The molecule has 0 aliphatic heterocycles. The molecule has 0 aromatic carbocycles. The predicted octanol–water partition coefficient (Wildman–Crippen LogP) is 3.60. The fourth-order valence-electron chi connectivity index (χ4n) is 2.51. The van der Waals surface area contributed by atoms with Crippen molar-refractivity contribution in [2.45, 2.75) is 90.3 Å². The van der Waals surface area contributed by atoms with E-state index in [2.05, 4.69) is 10.6 Å². The Bertz CT molecular complexity index is 300. The van der Waals surface area contributed by atoms with E-state index >= 15 is 0 Å². The Hall–Kier alpha value is -0.770. The van der Waals surface area contributed by atoms with Gasteiger partial charge in [0.15, 0.2) is 0 Å². The number of rotatable bonds is 4. The van der Waals surface area contributed by atoms with Gasteiger partial charge in [0.2, 0.25) is 0 Å². The molecule has 118 valence electrons. The Labute approximate surface area is 124 Å². The summed E-state index contributed by atoms with van der Waals surface area (Å²) in [6, 6.07) is 0.595. The van der Waals surface area contributed by atoms with Crippen molar-refractivity contribution >= 4 is 6.09 Å². The second kappa shape index (κ2) is 7.30. The molecule has 0 unspecified atom stereocenters. The average Bonchev–Trinajstić information content (AvgIpc) is 2.51.